The van der Waals surface area contributed by atoms with Crippen LogP contribution in [0.2, 0.25) is 0 Å². The Kier molecular flexibility index (Phi) is 7.08. The first-order chi connectivity index (χ1) is 13.8. The lowest BCUT2D eigenvalue weighted by atomic mass is 9.89. The molecule has 3 atom stereocenters. The number of aliphatic hydroxyl groups is 1. The van der Waals surface area contributed by atoms with Crippen LogP contribution in [0.25, 0.3) is 0 Å². The number of aromatic nitrogens is 1. The average Bonchev–Trinajstić information content (AvgIpc) is 2.68. The topological polar surface area (TPSA) is 101 Å². The van der Waals surface area contributed by atoms with Crippen LogP contribution in [0.1, 0.15) is 55.6 Å². The molecular weight excluding hydrogens is 375 g/mol. The van der Waals surface area contributed by atoms with E-state index < -0.39 is 17.7 Å². The van der Waals surface area contributed by atoms with Gasteiger partial charge in [0.05, 0.1) is 35.8 Å². The van der Waals surface area contributed by atoms with Gasteiger partial charge in [-0.25, -0.2) is 4.39 Å². The molecule has 7 nitrogen and oxygen atoms in total. The Morgan fingerprint density at radius 3 is 2.83 bits per heavy atom. The molecule has 162 valence electrons. The molecule has 1 saturated heterocycles. The second-order valence-electron chi connectivity index (χ2n) is 8.68. The molecule has 1 aromatic rings. The van der Waals surface area contributed by atoms with Gasteiger partial charge in [0.1, 0.15) is 6.17 Å². The number of pyridine rings is 1. The fourth-order valence-corrected chi connectivity index (χ4v) is 4.26. The fraction of sp³-hybridized carbons (Fsp3) is 0.714. The highest BCUT2D eigenvalue weighted by Crippen LogP contribution is 2.29. The summed E-state index contributed by atoms with van der Waals surface area (Å²) in [7, 11) is 0. The summed E-state index contributed by atoms with van der Waals surface area (Å²) in [6.45, 7) is 6.27. The number of rotatable bonds is 7. The minimum atomic E-state index is -1.55. The van der Waals surface area contributed by atoms with Crippen molar-refractivity contribution in [3.05, 3.63) is 23.5 Å². The summed E-state index contributed by atoms with van der Waals surface area (Å²) in [5.74, 6) is -0.640. The van der Waals surface area contributed by atoms with Crippen molar-refractivity contribution in [3.63, 3.8) is 0 Å². The van der Waals surface area contributed by atoms with E-state index in [0.717, 1.165) is 52.0 Å². The zero-order chi connectivity index (χ0) is 21.0. The standard InChI is InChI=1S/C21H33FN4O3/c1-21(2,28)18(22)13-17-19(20(23)27)16(6-7-24-17)25-14-4-3-5-15(12-14)26-8-10-29-11-9-26/h6-7,14-15,18,28H,3-5,8-13H2,1-2H3,(H2,23,27)(H,24,25)/t14-,15+,18+/m0/s1. The molecule has 1 saturated carbocycles. The number of anilines is 1. The summed E-state index contributed by atoms with van der Waals surface area (Å²) in [4.78, 5) is 18.8. The van der Waals surface area contributed by atoms with Crippen LogP contribution >= 0.6 is 0 Å². The second kappa shape index (κ2) is 9.36. The highest BCUT2D eigenvalue weighted by Gasteiger charge is 2.31. The Bertz CT molecular complexity index is 704. The van der Waals surface area contributed by atoms with Gasteiger partial charge in [-0.1, -0.05) is 0 Å². The number of nitrogens with zero attached hydrogens (tertiary/aromatic N) is 2. The lowest BCUT2D eigenvalue weighted by Gasteiger charge is -2.39. The quantitative estimate of drug-likeness (QED) is 0.637. The van der Waals surface area contributed by atoms with Crippen LogP contribution in [0.5, 0.6) is 0 Å². The number of nitrogens with one attached hydrogen (secondary N) is 1. The summed E-state index contributed by atoms with van der Waals surface area (Å²) in [5.41, 5.74) is 5.19. The third kappa shape index (κ3) is 5.65. The van der Waals surface area contributed by atoms with Crippen molar-refractivity contribution in [2.45, 2.75) is 69.8 Å². The van der Waals surface area contributed by atoms with Crippen LogP contribution in [0.4, 0.5) is 10.1 Å². The molecule has 0 unspecified atom stereocenters. The molecule has 1 aromatic heterocycles. The predicted molar refractivity (Wildman–Crippen MR) is 110 cm³/mol. The molecule has 1 aliphatic heterocycles. The van der Waals surface area contributed by atoms with E-state index in [4.69, 9.17) is 10.5 Å². The molecule has 4 N–H and O–H groups in total. The van der Waals surface area contributed by atoms with Crippen molar-refractivity contribution in [2.24, 2.45) is 5.73 Å². The summed E-state index contributed by atoms with van der Waals surface area (Å²) in [6, 6.07) is 2.42. The van der Waals surface area contributed by atoms with Crippen LogP contribution in [0.3, 0.4) is 0 Å². The SMILES string of the molecule is CC(C)(O)[C@H](F)Cc1nccc(N[C@H]2CCC[C@@H](N3CCOCC3)C2)c1C(N)=O. The molecule has 3 rings (SSSR count). The largest absolute Gasteiger partial charge is 0.387 e. The maximum absolute atomic E-state index is 14.4. The smallest absolute Gasteiger partial charge is 0.252 e. The van der Waals surface area contributed by atoms with E-state index >= 15 is 0 Å². The van der Waals surface area contributed by atoms with Crippen molar-refractivity contribution in [1.29, 1.82) is 0 Å². The van der Waals surface area contributed by atoms with Crippen LogP contribution in [0.15, 0.2) is 12.3 Å². The van der Waals surface area contributed by atoms with E-state index in [1.165, 1.54) is 13.8 Å². The fourth-order valence-electron chi connectivity index (χ4n) is 4.26. The molecule has 1 aliphatic carbocycles. The van der Waals surface area contributed by atoms with E-state index in [0.29, 0.717) is 11.7 Å². The van der Waals surface area contributed by atoms with Gasteiger partial charge in [-0.05, 0) is 45.6 Å². The normalized spacial score (nSPS) is 24.8. The first-order valence-corrected chi connectivity index (χ1v) is 10.5. The molecule has 2 fully saturated rings. The molecule has 0 spiro atoms. The third-order valence-corrected chi connectivity index (χ3v) is 5.98. The van der Waals surface area contributed by atoms with Gasteiger partial charge in [0.25, 0.3) is 5.91 Å². The van der Waals surface area contributed by atoms with Crippen LogP contribution in [-0.4, -0.2) is 71.1 Å². The summed E-state index contributed by atoms with van der Waals surface area (Å²) >= 11 is 0. The number of hydrogen-bond acceptors (Lipinski definition) is 6. The number of carbonyl (C=O) groups excluding carboxylic acids is 1. The van der Waals surface area contributed by atoms with Gasteiger partial charge in [0.2, 0.25) is 0 Å². The maximum Gasteiger partial charge on any atom is 0.252 e. The molecule has 2 aliphatic rings. The van der Waals surface area contributed by atoms with Crippen molar-refractivity contribution in [3.8, 4) is 0 Å². The third-order valence-electron chi connectivity index (χ3n) is 5.98. The predicted octanol–water partition coefficient (Wildman–Crippen LogP) is 1.89. The summed E-state index contributed by atoms with van der Waals surface area (Å²) < 4.78 is 19.9. The summed E-state index contributed by atoms with van der Waals surface area (Å²) in [5, 5.41) is 13.4. The molecule has 1 amide bonds. The first kappa shape index (κ1) is 21.9. The molecule has 0 bridgehead atoms. The zero-order valence-corrected chi connectivity index (χ0v) is 17.4. The van der Waals surface area contributed by atoms with E-state index in [9.17, 15) is 14.3 Å². The Hall–Kier alpha value is -1.77. The minimum absolute atomic E-state index is 0.168. The lowest BCUT2D eigenvalue weighted by Crippen LogP contribution is -2.47. The van der Waals surface area contributed by atoms with Gasteiger partial charge in [0.15, 0.2) is 0 Å². The van der Waals surface area contributed by atoms with E-state index in [1.54, 1.807) is 12.3 Å². The highest BCUT2D eigenvalue weighted by atomic mass is 19.1. The minimum Gasteiger partial charge on any atom is -0.387 e. The summed E-state index contributed by atoms with van der Waals surface area (Å²) in [6.07, 6.45) is 4.09. The molecule has 29 heavy (non-hydrogen) atoms. The van der Waals surface area contributed by atoms with E-state index in [-0.39, 0.29) is 23.7 Å². The molecule has 0 radical (unpaired) electrons. The number of morpholine rings is 1. The van der Waals surface area contributed by atoms with Crippen molar-refractivity contribution < 1.29 is 19.0 Å². The monoisotopic (exact) mass is 408 g/mol. The number of primary amides is 1. The van der Waals surface area contributed by atoms with Gasteiger partial charge < -0.3 is 20.9 Å². The molecule has 2 heterocycles. The first-order valence-electron chi connectivity index (χ1n) is 10.5. The van der Waals surface area contributed by atoms with Crippen molar-refractivity contribution >= 4 is 11.6 Å². The van der Waals surface area contributed by atoms with Gasteiger partial charge in [-0.2, -0.15) is 0 Å². The number of carbonyl (C=O) groups is 1. The Morgan fingerprint density at radius 1 is 1.45 bits per heavy atom. The van der Waals surface area contributed by atoms with E-state index in [1.807, 2.05) is 0 Å². The number of nitrogens with two attached hydrogens (primary N) is 1. The molecule has 8 heteroatoms. The number of alkyl halides is 1. The second-order valence-corrected chi connectivity index (χ2v) is 8.68. The Balaban J connectivity index is 1.74. The Labute approximate surface area is 171 Å². The van der Waals surface area contributed by atoms with Crippen molar-refractivity contribution in [1.82, 2.24) is 9.88 Å². The van der Waals surface area contributed by atoms with Crippen LogP contribution in [-0.2, 0) is 11.2 Å². The maximum atomic E-state index is 14.4. The van der Waals surface area contributed by atoms with Crippen molar-refractivity contribution in [2.75, 3.05) is 31.6 Å². The van der Waals surface area contributed by atoms with E-state index in [2.05, 4.69) is 15.2 Å². The van der Waals surface area contributed by atoms with Crippen LogP contribution < -0.4 is 11.1 Å². The number of amides is 1. The number of ether oxygens (including phenoxy) is 1. The average molecular weight is 409 g/mol. The van der Waals surface area contributed by atoms with Gasteiger partial charge in [0, 0.05) is 37.8 Å². The molecular formula is C21H33FN4O3. The zero-order valence-electron chi connectivity index (χ0n) is 17.4. The molecule has 0 aromatic carbocycles. The number of hydrogen-bond donors (Lipinski definition) is 3. The van der Waals surface area contributed by atoms with Gasteiger partial charge >= 0.3 is 0 Å². The highest BCUT2D eigenvalue weighted by molar-refractivity contribution is 5.99. The lowest BCUT2D eigenvalue weighted by molar-refractivity contribution is -0.00307. The van der Waals surface area contributed by atoms with Gasteiger partial charge in [-0.3, -0.25) is 14.7 Å². The van der Waals surface area contributed by atoms with Gasteiger partial charge in [-0.15, -0.1) is 0 Å². The number of halogens is 1. The Morgan fingerprint density at radius 2 is 2.17 bits per heavy atom. The van der Waals surface area contributed by atoms with Crippen LogP contribution in [0, 0.1) is 0 Å².